The summed E-state index contributed by atoms with van der Waals surface area (Å²) in [7, 11) is -3.68. The highest BCUT2D eigenvalue weighted by Gasteiger charge is 2.34. The second kappa shape index (κ2) is 7.17. The van der Waals surface area contributed by atoms with Gasteiger partial charge in [0.1, 0.15) is 6.10 Å². The molecule has 3 rings (SSSR count). The van der Waals surface area contributed by atoms with Gasteiger partial charge >= 0.3 is 0 Å². The Bertz CT molecular complexity index is 707. The third kappa shape index (κ3) is 3.70. The quantitative estimate of drug-likeness (QED) is 0.788. The lowest BCUT2D eigenvalue weighted by Crippen LogP contribution is -2.52. The molecule has 132 valence electrons. The van der Waals surface area contributed by atoms with Gasteiger partial charge in [-0.05, 0) is 31.0 Å². The van der Waals surface area contributed by atoms with Gasteiger partial charge in [-0.25, -0.2) is 8.42 Å². The van der Waals surface area contributed by atoms with Gasteiger partial charge in [-0.1, -0.05) is 23.2 Å². The zero-order chi connectivity index (χ0) is 17.3. The number of halogens is 2. The lowest BCUT2D eigenvalue weighted by Gasteiger charge is -2.35. The van der Waals surface area contributed by atoms with Crippen LogP contribution < -0.4 is 0 Å². The maximum absolute atomic E-state index is 12.7. The number of hydrogen-bond acceptors (Lipinski definition) is 4. The number of ether oxygens (including phenoxy) is 1. The number of sulfonamides is 1. The largest absolute Gasteiger partial charge is 0.368 e. The number of rotatable bonds is 3. The number of hydrogen-bond donors (Lipinski definition) is 0. The van der Waals surface area contributed by atoms with Crippen LogP contribution in [0.4, 0.5) is 0 Å². The molecule has 9 heteroatoms. The van der Waals surface area contributed by atoms with Crippen molar-refractivity contribution in [2.24, 2.45) is 0 Å². The first-order valence-electron chi connectivity index (χ1n) is 7.74. The van der Waals surface area contributed by atoms with E-state index in [2.05, 4.69) is 0 Å². The summed E-state index contributed by atoms with van der Waals surface area (Å²) in [6, 6.07) is 4.25. The van der Waals surface area contributed by atoms with E-state index in [0.717, 1.165) is 12.8 Å². The van der Waals surface area contributed by atoms with Crippen molar-refractivity contribution in [3.05, 3.63) is 28.2 Å². The molecule has 0 saturated carbocycles. The molecular formula is C15H18Cl2N2O4S. The molecule has 2 heterocycles. The molecule has 6 nitrogen and oxygen atoms in total. The van der Waals surface area contributed by atoms with Crippen LogP contribution in [0.25, 0.3) is 0 Å². The van der Waals surface area contributed by atoms with E-state index in [9.17, 15) is 13.2 Å². The average Bonchev–Trinajstić information content (AvgIpc) is 3.08. The molecular weight excluding hydrogens is 375 g/mol. The molecule has 0 aromatic heterocycles. The fourth-order valence-corrected chi connectivity index (χ4v) is 5.10. The van der Waals surface area contributed by atoms with Crippen LogP contribution in [0.3, 0.4) is 0 Å². The van der Waals surface area contributed by atoms with Crippen LogP contribution >= 0.6 is 23.2 Å². The van der Waals surface area contributed by atoms with Gasteiger partial charge in [0, 0.05) is 42.8 Å². The molecule has 2 saturated heterocycles. The molecule has 1 aromatic rings. The summed E-state index contributed by atoms with van der Waals surface area (Å²) in [5, 5.41) is 0.543. The second-order valence-corrected chi connectivity index (χ2v) is 8.65. The third-order valence-corrected chi connectivity index (χ3v) is 6.54. The molecule has 0 radical (unpaired) electrons. The molecule has 0 aliphatic carbocycles. The van der Waals surface area contributed by atoms with Crippen molar-refractivity contribution in [2.75, 3.05) is 32.8 Å². The normalized spacial score (nSPS) is 22.8. The fraction of sp³-hybridized carbons (Fsp3) is 0.533. The van der Waals surface area contributed by atoms with Crippen LogP contribution in [-0.2, 0) is 19.6 Å². The monoisotopic (exact) mass is 392 g/mol. The topological polar surface area (TPSA) is 66.9 Å². The highest BCUT2D eigenvalue weighted by molar-refractivity contribution is 7.89. The summed E-state index contributed by atoms with van der Waals surface area (Å²) in [6.45, 7) is 1.80. The van der Waals surface area contributed by atoms with Crippen molar-refractivity contribution >= 4 is 39.1 Å². The van der Waals surface area contributed by atoms with Gasteiger partial charge in [0.2, 0.25) is 10.0 Å². The summed E-state index contributed by atoms with van der Waals surface area (Å²) in [6.07, 6.45) is 1.25. The van der Waals surface area contributed by atoms with Crippen molar-refractivity contribution in [3.8, 4) is 0 Å². The summed E-state index contributed by atoms with van der Waals surface area (Å²) in [5.41, 5.74) is 0. The van der Waals surface area contributed by atoms with Crippen molar-refractivity contribution in [2.45, 2.75) is 23.8 Å². The van der Waals surface area contributed by atoms with Crippen LogP contribution in [-0.4, -0.2) is 62.4 Å². The van der Waals surface area contributed by atoms with Gasteiger partial charge in [-0.3, -0.25) is 4.79 Å². The number of benzene rings is 1. The minimum atomic E-state index is -3.68. The molecule has 0 spiro atoms. The predicted octanol–water partition coefficient (Wildman–Crippen LogP) is 2.01. The molecule has 1 aromatic carbocycles. The molecule has 2 aliphatic rings. The number of piperazine rings is 1. The zero-order valence-corrected chi connectivity index (χ0v) is 15.3. The summed E-state index contributed by atoms with van der Waals surface area (Å²) >= 11 is 11.8. The Morgan fingerprint density at radius 3 is 2.25 bits per heavy atom. The molecule has 2 fully saturated rings. The zero-order valence-electron chi connectivity index (χ0n) is 13.0. The van der Waals surface area contributed by atoms with Gasteiger partial charge in [0.15, 0.2) is 0 Å². The predicted molar refractivity (Wildman–Crippen MR) is 90.8 cm³/mol. The highest BCUT2D eigenvalue weighted by atomic mass is 35.5. The first-order valence-corrected chi connectivity index (χ1v) is 9.94. The van der Waals surface area contributed by atoms with Crippen molar-refractivity contribution in [1.29, 1.82) is 0 Å². The van der Waals surface area contributed by atoms with E-state index in [1.165, 1.54) is 22.5 Å². The Labute approximate surface area is 151 Å². The van der Waals surface area contributed by atoms with E-state index in [4.69, 9.17) is 27.9 Å². The standard InChI is InChI=1S/C15H18Cl2N2O4S/c16-11-8-12(17)10-13(9-11)24(21,22)19-5-3-18(4-6-19)15(20)14-2-1-7-23-14/h8-10,14H,1-7H2. The molecule has 1 unspecified atom stereocenters. The van der Waals surface area contributed by atoms with Crippen LogP contribution in [0, 0.1) is 0 Å². The number of amides is 1. The van der Waals surface area contributed by atoms with E-state index in [-0.39, 0.29) is 40.0 Å². The van der Waals surface area contributed by atoms with E-state index in [0.29, 0.717) is 19.7 Å². The van der Waals surface area contributed by atoms with Gasteiger partial charge in [-0.2, -0.15) is 4.31 Å². The Morgan fingerprint density at radius 2 is 1.71 bits per heavy atom. The van der Waals surface area contributed by atoms with Crippen LogP contribution in [0.5, 0.6) is 0 Å². The Morgan fingerprint density at radius 1 is 1.08 bits per heavy atom. The maximum Gasteiger partial charge on any atom is 0.251 e. The van der Waals surface area contributed by atoms with Crippen LogP contribution in [0.15, 0.2) is 23.1 Å². The third-order valence-electron chi connectivity index (χ3n) is 4.23. The van der Waals surface area contributed by atoms with Crippen LogP contribution in [0.2, 0.25) is 10.0 Å². The minimum absolute atomic E-state index is 0.0460. The highest BCUT2D eigenvalue weighted by Crippen LogP contribution is 2.26. The van der Waals surface area contributed by atoms with Crippen molar-refractivity contribution in [3.63, 3.8) is 0 Å². The van der Waals surface area contributed by atoms with Gasteiger partial charge in [-0.15, -0.1) is 0 Å². The van der Waals surface area contributed by atoms with E-state index in [1.54, 1.807) is 4.90 Å². The number of carbonyl (C=O) groups excluding carboxylic acids is 1. The van der Waals surface area contributed by atoms with Crippen molar-refractivity contribution < 1.29 is 17.9 Å². The lowest BCUT2D eigenvalue weighted by atomic mass is 10.2. The van der Waals surface area contributed by atoms with E-state index in [1.807, 2.05) is 0 Å². The second-order valence-electron chi connectivity index (χ2n) is 5.84. The first kappa shape index (κ1) is 17.9. The van der Waals surface area contributed by atoms with E-state index < -0.39 is 10.0 Å². The smallest absolute Gasteiger partial charge is 0.251 e. The van der Waals surface area contributed by atoms with Gasteiger partial charge in [0.05, 0.1) is 4.90 Å². The lowest BCUT2D eigenvalue weighted by molar-refractivity contribution is -0.142. The SMILES string of the molecule is O=C(C1CCCO1)N1CCN(S(=O)(=O)c2cc(Cl)cc(Cl)c2)CC1. The van der Waals surface area contributed by atoms with Gasteiger partial charge in [0.25, 0.3) is 5.91 Å². The van der Waals surface area contributed by atoms with Crippen LogP contribution in [0.1, 0.15) is 12.8 Å². The Kier molecular flexibility index (Phi) is 5.36. The van der Waals surface area contributed by atoms with Gasteiger partial charge < -0.3 is 9.64 Å². The molecule has 1 amide bonds. The Balaban J connectivity index is 1.68. The molecule has 24 heavy (non-hydrogen) atoms. The molecule has 0 N–H and O–H groups in total. The Hall–Kier alpha value is -0.860. The molecule has 1 atom stereocenters. The summed E-state index contributed by atoms with van der Waals surface area (Å²) < 4.78 is 32.2. The summed E-state index contributed by atoms with van der Waals surface area (Å²) in [5.74, 6) is -0.0460. The number of carbonyl (C=O) groups is 1. The first-order chi connectivity index (χ1) is 11.4. The minimum Gasteiger partial charge on any atom is -0.368 e. The summed E-state index contributed by atoms with van der Waals surface area (Å²) in [4.78, 5) is 14.1. The number of nitrogens with zero attached hydrogens (tertiary/aromatic N) is 2. The van der Waals surface area contributed by atoms with E-state index >= 15 is 0 Å². The average molecular weight is 393 g/mol. The van der Waals surface area contributed by atoms with Crippen molar-refractivity contribution in [1.82, 2.24) is 9.21 Å². The fourth-order valence-electron chi connectivity index (χ4n) is 2.95. The maximum atomic E-state index is 12.7. The molecule has 0 bridgehead atoms. The molecule has 2 aliphatic heterocycles.